The van der Waals surface area contributed by atoms with Crippen LogP contribution in [-0.4, -0.2) is 48.4 Å². The van der Waals surface area contributed by atoms with Gasteiger partial charge in [0, 0.05) is 45.7 Å². The van der Waals surface area contributed by atoms with Gasteiger partial charge in [0.15, 0.2) is 0 Å². The van der Waals surface area contributed by atoms with E-state index in [1.54, 1.807) is 11.1 Å². The lowest BCUT2D eigenvalue weighted by atomic mass is 10.1. The largest absolute Gasteiger partial charge is 0.336 e. The number of aromatic nitrogens is 5. The Morgan fingerprint density at radius 2 is 2.04 bits per heavy atom. The van der Waals surface area contributed by atoms with Crippen LogP contribution in [0.5, 0.6) is 0 Å². The van der Waals surface area contributed by atoms with E-state index in [1.165, 1.54) is 0 Å². The van der Waals surface area contributed by atoms with E-state index in [1.807, 2.05) is 36.5 Å². The summed E-state index contributed by atoms with van der Waals surface area (Å²) in [4.78, 5) is 14.0. The van der Waals surface area contributed by atoms with E-state index in [0.29, 0.717) is 18.9 Å². The molecule has 0 unspecified atom stereocenters. The fourth-order valence-corrected chi connectivity index (χ4v) is 3.39. The van der Waals surface area contributed by atoms with E-state index in [4.69, 9.17) is 0 Å². The summed E-state index contributed by atoms with van der Waals surface area (Å²) >= 11 is 0. The number of carbonyl (C=O) groups is 1. The summed E-state index contributed by atoms with van der Waals surface area (Å²) in [7, 11) is 5.73. The van der Waals surface area contributed by atoms with Crippen molar-refractivity contribution in [2.24, 2.45) is 14.1 Å². The number of hydrogen-bond donors (Lipinski definition) is 1. The second kappa shape index (κ2) is 6.35. The summed E-state index contributed by atoms with van der Waals surface area (Å²) in [5.41, 5.74) is 1.03. The zero-order valence-electron chi connectivity index (χ0n) is 14.9. The van der Waals surface area contributed by atoms with E-state index >= 15 is 0 Å². The first-order valence-electron chi connectivity index (χ1n) is 8.25. The minimum Gasteiger partial charge on any atom is -0.336 e. The van der Waals surface area contributed by atoms with Gasteiger partial charge in [-0.3, -0.25) is 9.48 Å². The van der Waals surface area contributed by atoms with Crippen LogP contribution in [0.15, 0.2) is 12.3 Å². The third kappa shape index (κ3) is 2.82. The first-order chi connectivity index (χ1) is 11.4. The van der Waals surface area contributed by atoms with Gasteiger partial charge in [-0.05, 0) is 6.07 Å². The normalized spacial score (nSPS) is 21.2. The lowest BCUT2D eigenvalue weighted by Gasteiger charge is -2.25. The molecule has 1 N–H and O–H groups in total. The Hall–Kier alpha value is -2.22. The molecule has 2 aromatic rings. The van der Waals surface area contributed by atoms with Crippen LogP contribution in [0.1, 0.15) is 49.6 Å². The molecule has 0 spiro atoms. The minimum atomic E-state index is -0.0252. The smallest absolute Gasteiger partial charge is 0.224 e. The van der Waals surface area contributed by atoms with Gasteiger partial charge in [-0.15, -0.1) is 10.2 Å². The number of nitrogens with zero attached hydrogens (tertiary/aromatic N) is 6. The van der Waals surface area contributed by atoms with Crippen LogP contribution in [0.4, 0.5) is 0 Å². The Morgan fingerprint density at radius 1 is 1.29 bits per heavy atom. The first kappa shape index (κ1) is 16.6. The molecular formula is C16H25N7O. The van der Waals surface area contributed by atoms with Gasteiger partial charge in [-0.25, -0.2) is 0 Å². The van der Waals surface area contributed by atoms with Crippen LogP contribution < -0.4 is 5.32 Å². The minimum absolute atomic E-state index is 0.0251. The average molecular weight is 331 g/mol. The number of hydrogen-bond acceptors (Lipinski definition) is 5. The molecule has 0 bridgehead atoms. The van der Waals surface area contributed by atoms with Crippen molar-refractivity contribution in [1.82, 2.24) is 34.8 Å². The number of aryl methyl sites for hydroxylation is 1. The highest BCUT2D eigenvalue weighted by Gasteiger charge is 2.39. The van der Waals surface area contributed by atoms with Crippen molar-refractivity contribution in [3.63, 3.8) is 0 Å². The Bertz CT molecular complexity index is 733. The van der Waals surface area contributed by atoms with Crippen LogP contribution >= 0.6 is 0 Å². The number of likely N-dealkylation sites (tertiary alicyclic amines) is 1. The standard InChI is InChI=1S/C16H25N7O/c1-10(2)16-20-19-13(21(16)3)9-17-11-8-14(24)22(4)15(11)12-6-7-18-23(12)5/h6-7,10-11,15,17H,8-9H2,1-5H3/t11-,15-/m1/s1. The van der Waals surface area contributed by atoms with Crippen molar-refractivity contribution in [2.45, 2.75) is 44.8 Å². The fraction of sp³-hybridized carbons (Fsp3) is 0.625. The number of amides is 1. The second-order valence-corrected chi connectivity index (χ2v) is 6.71. The first-order valence-corrected chi connectivity index (χ1v) is 8.25. The summed E-state index contributed by atoms with van der Waals surface area (Å²) in [6.45, 7) is 4.78. The van der Waals surface area contributed by atoms with E-state index in [9.17, 15) is 4.79 Å². The lowest BCUT2D eigenvalue weighted by molar-refractivity contribution is -0.127. The molecule has 2 atom stereocenters. The summed E-state index contributed by atoms with van der Waals surface area (Å²) in [6.07, 6.45) is 2.24. The summed E-state index contributed by atoms with van der Waals surface area (Å²) in [5, 5.41) is 16.3. The van der Waals surface area contributed by atoms with Crippen molar-refractivity contribution < 1.29 is 4.79 Å². The van der Waals surface area contributed by atoms with Crippen molar-refractivity contribution in [3.05, 3.63) is 29.6 Å². The molecule has 1 amide bonds. The van der Waals surface area contributed by atoms with E-state index in [0.717, 1.165) is 17.3 Å². The molecule has 0 aromatic carbocycles. The average Bonchev–Trinajstić information content (AvgIpc) is 3.17. The van der Waals surface area contributed by atoms with Crippen molar-refractivity contribution in [3.8, 4) is 0 Å². The molecule has 0 saturated carbocycles. The lowest BCUT2D eigenvalue weighted by Crippen LogP contribution is -2.36. The molecule has 0 radical (unpaired) electrons. The predicted molar refractivity (Wildman–Crippen MR) is 89.1 cm³/mol. The molecule has 1 aliphatic heterocycles. The zero-order valence-corrected chi connectivity index (χ0v) is 14.9. The van der Waals surface area contributed by atoms with Gasteiger partial charge in [-0.2, -0.15) is 5.10 Å². The van der Waals surface area contributed by atoms with Crippen molar-refractivity contribution in [1.29, 1.82) is 0 Å². The van der Waals surface area contributed by atoms with Gasteiger partial charge in [0.1, 0.15) is 11.6 Å². The van der Waals surface area contributed by atoms with Gasteiger partial charge >= 0.3 is 0 Å². The molecule has 8 heteroatoms. The quantitative estimate of drug-likeness (QED) is 0.874. The van der Waals surface area contributed by atoms with E-state index in [2.05, 4.69) is 34.5 Å². The monoisotopic (exact) mass is 331 g/mol. The van der Waals surface area contributed by atoms with Crippen LogP contribution in [0.3, 0.4) is 0 Å². The Morgan fingerprint density at radius 3 is 2.62 bits per heavy atom. The van der Waals surface area contributed by atoms with Crippen LogP contribution in [-0.2, 0) is 25.4 Å². The molecule has 24 heavy (non-hydrogen) atoms. The zero-order chi connectivity index (χ0) is 17.4. The maximum atomic E-state index is 12.2. The highest BCUT2D eigenvalue weighted by molar-refractivity contribution is 5.80. The van der Waals surface area contributed by atoms with Gasteiger partial charge < -0.3 is 14.8 Å². The second-order valence-electron chi connectivity index (χ2n) is 6.71. The number of nitrogens with one attached hydrogen (secondary N) is 1. The van der Waals surface area contributed by atoms with Gasteiger partial charge in [0.2, 0.25) is 5.91 Å². The van der Waals surface area contributed by atoms with Gasteiger partial charge in [0.25, 0.3) is 0 Å². The Balaban J connectivity index is 1.76. The molecule has 0 aliphatic carbocycles. The highest BCUT2D eigenvalue weighted by Crippen LogP contribution is 2.31. The van der Waals surface area contributed by atoms with E-state index < -0.39 is 0 Å². The van der Waals surface area contributed by atoms with Crippen molar-refractivity contribution in [2.75, 3.05) is 7.05 Å². The molecule has 1 saturated heterocycles. The van der Waals surface area contributed by atoms with Crippen LogP contribution in [0, 0.1) is 0 Å². The summed E-state index contributed by atoms with van der Waals surface area (Å²) < 4.78 is 3.85. The van der Waals surface area contributed by atoms with Crippen molar-refractivity contribution >= 4 is 5.91 Å². The third-order valence-electron chi connectivity index (χ3n) is 4.79. The number of carbonyl (C=O) groups excluding carboxylic acids is 1. The molecule has 2 aromatic heterocycles. The predicted octanol–water partition coefficient (Wildman–Crippen LogP) is 0.734. The summed E-state index contributed by atoms with van der Waals surface area (Å²) in [6, 6.07) is 1.97. The Labute approximate surface area is 141 Å². The molecule has 1 aliphatic rings. The van der Waals surface area contributed by atoms with Crippen LogP contribution in [0.25, 0.3) is 0 Å². The maximum absolute atomic E-state index is 12.2. The summed E-state index contributed by atoms with van der Waals surface area (Å²) in [5.74, 6) is 2.32. The van der Waals surface area contributed by atoms with Gasteiger partial charge in [0.05, 0.1) is 18.3 Å². The number of likely N-dealkylation sites (N-methyl/N-ethyl adjacent to an activating group) is 1. The van der Waals surface area contributed by atoms with Crippen LogP contribution in [0.2, 0.25) is 0 Å². The van der Waals surface area contributed by atoms with Gasteiger partial charge in [-0.1, -0.05) is 13.8 Å². The molecule has 3 rings (SSSR count). The highest BCUT2D eigenvalue weighted by atomic mass is 16.2. The molecule has 1 fully saturated rings. The SMILES string of the molecule is CC(C)c1nnc(CN[C@@H]2CC(=O)N(C)[C@H]2c2ccnn2C)n1C. The third-order valence-corrected chi connectivity index (χ3v) is 4.79. The fourth-order valence-electron chi connectivity index (χ4n) is 3.39. The van der Waals surface area contributed by atoms with E-state index in [-0.39, 0.29) is 18.0 Å². The molecular weight excluding hydrogens is 306 g/mol. The maximum Gasteiger partial charge on any atom is 0.224 e. The molecule has 3 heterocycles. The molecule has 130 valence electrons. The Kier molecular flexibility index (Phi) is 4.40. The number of rotatable bonds is 5. The molecule has 8 nitrogen and oxygen atoms in total. The topological polar surface area (TPSA) is 80.9 Å².